The molecule has 5 heteroatoms. The normalized spacial score (nSPS) is 23.1. The fraction of sp³-hybridized carbons (Fsp3) is 0.364. The number of ether oxygens (including phenoxy) is 2. The lowest BCUT2D eigenvalue weighted by molar-refractivity contribution is -0.139. The smallest absolute Gasteiger partial charge is 0.284 e. The van der Waals surface area contributed by atoms with Crippen molar-refractivity contribution in [1.82, 2.24) is 5.48 Å². The van der Waals surface area contributed by atoms with Crippen LogP contribution in [0.5, 0.6) is 5.75 Å². The molecule has 1 aliphatic rings. The van der Waals surface area contributed by atoms with Gasteiger partial charge in [0.1, 0.15) is 5.75 Å². The molecule has 1 amide bonds. The van der Waals surface area contributed by atoms with Crippen LogP contribution in [0.25, 0.3) is 0 Å². The molecule has 0 unspecified atom stereocenters. The van der Waals surface area contributed by atoms with Crippen molar-refractivity contribution >= 4 is 5.91 Å². The lowest BCUT2D eigenvalue weighted by atomic mass is 9.98. The van der Waals surface area contributed by atoms with Crippen molar-refractivity contribution in [1.29, 1.82) is 0 Å². The van der Waals surface area contributed by atoms with Crippen LogP contribution in [0.15, 0.2) is 24.3 Å². The molecule has 2 atom stereocenters. The Balaban J connectivity index is 2.28. The van der Waals surface area contributed by atoms with Gasteiger partial charge in [0, 0.05) is 19.1 Å². The minimum absolute atomic E-state index is 0.188. The van der Waals surface area contributed by atoms with E-state index in [1.54, 1.807) is 18.7 Å². The Bertz CT molecular complexity index is 393. The topological polar surface area (TPSA) is 67.8 Å². The quantitative estimate of drug-likeness (QED) is 0.580. The number of benzene rings is 1. The van der Waals surface area contributed by atoms with Crippen LogP contribution in [-0.2, 0) is 9.53 Å². The predicted molar refractivity (Wildman–Crippen MR) is 55.2 cm³/mol. The monoisotopic (exact) mass is 223 g/mol. The second kappa shape index (κ2) is 4.51. The molecular weight excluding hydrogens is 210 g/mol. The number of fused-ring (bicyclic) bond motifs is 1. The standard InChI is InChI=1S/C11H13NO4/c1-15-9-6-10(11(13)12-14)16-8-5-3-2-4-7(8)9/h2-5,9-10,14H,6H2,1H3,(H,12,13)/t9-,10+/m1/s1. The van der Waals surface area contributed by atoms with E-state index < -0.39 is 12.0 Å². The first-order valence-corrected chi connectivity index (χ1v) is 4.98. The van der Waals surface area contributed by atoms with Crippen LogP contribution in [0.2, 0.25) is 0 Å². The highest BCUT2D eigenvalue weighted by atomic mass is 16.5. The predicted octanol–water partition coefficient (Wildman–Crippen LogP) is 1.03. The van der Waals surface area contributed by atoms with Gasteiger partial charge in [-0.15, -0.1) is 0 Å². The zero-order valence-electron chi connectivity index (χ0n) is 8.84. The van der Waals surface area contributed by atoms with E-state index in [1.165, 1.54) is 0 Å². The second-order valence-corrected chi connectivity index (χ2v) is 3.58. The number of rotatable bonds is 2. The molecule has 0 saturated carbocycles. The van der Waals surface area contributed by atoms with Crippen molar-refractivity contribution in [3.8, 4) is 5.75 Å². The first-order valence-electron chi connectivity index (χ1n) is 4.98. The maximum Gasteiger partial charge on any atom is 0.284 e. The molecule has 0 spiro atoms. The lowest BCUT2D eigenvalue weighted by Gasteiger charge is -2.29. The summed E-state index contributed by atoms with van der Waals surface area (Å²) in [6, 6.07) is 7.39. The van der Waals surface area contributed by atoms with Crippen molar-refractivity contribution in [2.24, 2.45) is 0 Å². The Kier molecular flexibility index (Phi) is 3.07. The molecule has 1 aromatic rings. The summed E-state index contributed by atoms with van der Waals surface area (Å²) in [4.78, 5) is 11.3. The summed E-state index contributed by atoms with van der Waals surface area (Å²) < 4.78 is 10.8. The van der Waals surface area contributed by atoms with Crippen molar-refractivity contribution in [2.75, 3.05) is 7.11 Å². The Morgan fingerprint density at radius 3 is 3.00 bits per heavy atom. The van der Waals surface area contributed by atoms with E-state index in [-0.39, 0.29) is 6.10 Å². The molecule has 1 heterocycles. The Morgan fingerprint density at radius 2 is 2.31 bits per heavy atom. The molecule has 0 aromatic heterocycles. The number of para-hydroxylation sites is 1. The van der Waals surface area contributed by atoms with Crippen LogP contribution in [0, 0.1) is 0 Å². The van der Waals surface area contributed by atoms with E-state index in [0.717, 1.165) is 5.56 Å². The van der Waals surface area contributed by atoms with Crippen molar-refractivity contribution in [2.45, 2.75) is 18.6 Å². The third-order valence-corrected chi connectivity index (χ3v) is 2.65. The highest BCUT2D eigenvalue weighted by Crippen LogP contribution is 2.36. The van der Waals surface area contributed by atoms with E-state index in [4.69, 9.17) is 14.7 Å². The summed E-state index contributed by atoms with van der Waals surface area (Å²) in [6.45, 7) is 0. The number of amides is 1. The van der Waals surface area contributed by atoms with Crippen LogP contribution in [0.4, 0.5) is 0 Å². The van der Waals surface area contributed by atoms with Gasteiger partial charge in [-0.25, -0.2) is 5.48 Å². The Hall–Kier alpha value is -1.59. The highest BCUT2D eigenvalue weighted by molar-refractivity contribution is 5.80. The maximum atomic E-state index is 11.3. The van der Waals surface area contributed by atoms with Gasteiger partial charge in [0.15, 0.2) is 6.10 Å². The summed E-state index contributed by atoms with van der Waals surface area (Å²) in [5.41, 5.74) is 2.51. The summed E-state index contributed by atoms with van der Waals surface area (Å²) in [6.07, 6.45) is -0.517. The molecule has 1 aromatic carbocycles. The fourth-order valence-corrected chi connectivity index (χ4v) is 1.83. The first kappa shape index (κ1) is 10.9. The number of nitrogens with one attached hydrogen (secondary N) is 1. The molecule has 0 bridgehead atoms. The van der Waals surface area contributed by atoms with Gasteiger partial charge in [-0.3, -0.25) is 10.0 Å². The minimum atomic E-state index is -0.718. The molecule has 2 rings (SSSR count). The molecule has 0 saturated heterocycles. The van der Waals surface area contributed by atoms with E-state index in [1.807, 2.05) is 18.2 Å². The second-order valence-electron chi connectivity index (χ2n) is 3.58. The largest absolute Gasteiger partial charge is 0.480 e. The van der Waals surface area contributed by atoms with Gasteiger partial charge in [-0.2, -0.15) is 0 Å². The third-order valence-electron chi connectivity index (χ3n) is 2.65. The van der Waals surface area contributed by atoms with Gasteiger partial charge < -0.3 is 9.47 Å². The molecule has 86 valence electrons. The Labute approximate surface area is 92.9 Å². The highest BCUT2D eigenvalue weighted by Gasteiger charge is 2.32. The number of hydrogen-bond acceptors (Lipinski definition) is 4. The summed E-state index contributed by atoms with van der Waals surface area (Å²) in [5, 5.41) is 8.57. The van der Waals surface area contributed by atoms with Gasteiger partial charge in [0.2, 0.25) is 0 Å². The van der Waals surface area contributed by atoms with Crippen molar-refractivity contribution in [3.05, 3.63) is 29.8 Å². The van der Waals surface area contributed by atoms with E-state index in [2.05, 4.69) is 0 Å². The number of carbonyl (C=O) groups excluding carboxylic acids is 1. The van der Waals surface area contributed by atoms with Crippen molar-refractivity contribution in [3.63, 3.8) is 0 Å². The SMILES string of the molecule is CO[C@@H]1C[C@@H](C(=O)NO)Oc2ccccc21. The fourth-order valence-electron chi connectivity index (χ4n) is 1.83. The van der Waals surface area contributed by atoms with Gasteiger partial charge in [0.25, 0.3) is 5.91 Å². The van der Waals surface area contributed by atoms with Crippen LogP contribution in [0.3, 0.4) is 0 Å². The molecule has 16 heavy (non-hydrogen) atoms. The van der Waals surface area contributed by atoms with Crippen LogP contribution in [0.1, 0.15) is 18.1 Å². The zero-order valence-corrected chi connectivity index (χ0v) is 8.84. The van der Waals surface area contributed by atoms with Crippen LogP contribution in [-0.4, -0.2) is 24.3 Å². The molecule has 5 nitrogen and oxygen atoms in total. The van der Waals surface area contributed by atoms with Crippen LogP contribution < -0.4 is 10.2 Å². The van der Waals surface area contributed by atoms with Gasteiger partial charge in [0.05, 0.1) is 6.10 Å². The molecule has 2 N–H and O–H groups in total. The maximum absolute atomic E-state index is 11.3. The Morgan fingerprint density at radius 1 is 1.56 bits per heavy atom. The van der Waals surface area contributed by atoms with Crippen LogP contribution >= 0.6 is 0 Å². The number of hydrogen-bond donors (Lipinski definition) is 2. The van der Waals surface area contributed by atoms with E-state index >= 15 is 0 Å². The molecule has 0 radical (unpaired) electrons. The minimum Gasteiger partial charge on any atom is -0.480 e. The summed E-state index contributed by atoms with van der Waals surface area (Å²) in [7, 11) is 1.58. The van der Waals surface area contributed by atoms with Crippen molar-refractivity contribution < 1.29 is 19.5 Å². The lowest BCUT2D eigenvalue weighted by Crippen LogP contribution is -2.40. The first-order chi connectivity index (χ1) is 7.76. The molecule has 0 aliphatic carbocycles. The van der Waals surface area contributed by atoms with E-state index in [0.29, 0.717) is 12.2 Å². The number of methoxy groups -OCH3 is 1. The third kappa shape index (κ3) is 1.87. The summed E-state index contributed by atoms with van der Waals surface area (Å²) >= 11 is 0. The number of carbonyl (C=O) groups is 1. The molecular formula is C11H13NO4. The van der Waals surface area contributed by atoms with Gasteiger partial charge in [-0.05, 0) is 6.07 Å². The molecule has 1 aliphatic heterocycles. The average Bonchev–Trinajstić information content (AvgIpc) is 2.36. The molecule has 0 fully saturated rings. The van der Waals surface area contributed by atoms with Gasteiger partial charge in [-0.1, -0.05) is 18.2 Å². The summed E-state index contributed by atoms with van der Waals surface area (Å²) in [5.74, 6) is 0.0609. The van der Waals surface area contributed by atoms with E-state index in [9.17, 15) is 4.79 Å². The zero-order chi connectivity index (χ0) is 11.5. The number of hydroxylamine groups is 1. The van der Waals surface area contributed by atoms with Gasteiger partial charge >= 0.3 is 0 Å². The average molecular weight is 223 g/mol.